The minimum atomic E-state index is -3.44. The lowest BCUT2D eigenvalue weighted by Gasteiger charge is -2.44. The summed E-state index contributed by atoms with van der Waals surface area (Å²) >= 11 is 0. The zero-order valence-electron chi connectivity index (χ0n) is 27.5. The first-order valence-corrected chi connectivity index (χ1v) is 19.9. The number of aromatic nitrogens is 3. The summed E-state index contributed by atoms with van der Waals surface area (Å²) in [5.41, 5.74) is 2.48. The molecule has 48 heavy (non-hydrogen) atoms. The fraction of sp³-hybridized carbons (Fsp3) is 0.471. The van der Waals surface area contributed by atoms with Gasteiger partial charge in [-0.3, -0.25) is 9.88 Å². The second-order valence-corrected chi connectivity index (χ2v) is 19.2. The first kappa shape index (κ1) is 34.2. The third-order valence-corrected chi connectivity index (χ3v) is 10.5. The zero-order chi connectivity index (χ0) is 34.1. The van der Waals surface area contributed by atoms with E-state index in [1.54, 1.807) is 23.0 Å². The number of anilines is 1. The number of pyridine rings is 1. The van der Waals surface area contributed by atoms with Gasteiger partial charge in [-0.05, 0) is 36.4 Å². The molecule has 0 radical (unpaired) electrons. The van der Waals surface area contributed by atoms with Crippen molar-refractivity contribution >= 4 is 24.7 Å². The van der Waals surface area contributed by atoms with Gasteiger partial charge in [0.25, 0.3) is 0 Å². The summed E-state index contributed by atoms with van der Waals surface area (Å²) in [6.45, 7) is 9.40. The number of benzene rings is 2. The van der Waals surface area contributed by atoms with Crippen molar-refractivity contribution in [1.29, 1.82) is 0 Å². The van der Waals surface area contributed by atoms with Crippen molar-refractivity contribution in [2.75, 3.05) is 64.1 Å². The Balaban J connectivity index is 1.41. The predicted octanol–water partition coefficient (Wildman–Crippen LogP) is 5.45. The largest absolute Gasteiger partial charge is 0.507 e. The molecule has 0 bridgehead atoms. The molecule has 0 spiro atoms. The fourth-order valence-electron chi connectivity index (χ4n) is 6.05. The van der Waals surface area contributed by atoms with Crippen LogP contribution in [0.1, 0.15) is 0 Å². The van der Waals surface area contributed by atoms with Gasteiger partial charge in [0.1, 0.15) is 36.3 Å². The van der Waals surface area contributed by atoms with E-state index in [-0.39, 0.29) is 35.5 Å². The highest BCUT2D eigenvalue weighted by atomic mass is 28.3. The van der Waals surface area contributed by atoms with E-state index in [0.29, 0.717) is 60.8 Å². The summed E-state index contributed by atoms with van der Waals surface area (Å²) in [6.07, 6.45) is 1.56. The van der Waals surface area contributed by atoms with Crippen LogP contribution in [-0.2, 0) is 16.2 Å². The van der Waals surface area contributed by atoms with E-state index in [0.717, 1.165) is 19.1 Å². The molecule has 258 valence electrons. The average Bonchev–Trinajstić information content (AvgIpc) is 3.43. The van der Waals surface area contributed by atoms with E-state index in [9.17, 15) is 23.4 Å². The normalized spacial score (nSPS) is 17.6. The summed E-state index contributed by atoms with van der Waals surface area (Å²) in [7, 11) is -1.34. The predicted molar refractivity (Wildman–Crippen MR) is 180 cm³/mol. The summed E-state index contributed by atoms with van der Waals surface area (Å²) in [6, 6.07) is 12.2. The molecule has 10 nitrogen and oxygen atoms in total. The van der Waals surface area contributed by atoms with Gasteiger partial charge in [0, 0.05) is 51.8 Å². The Labute approximate surface area is 278 Å². The lowest BCUT2D eigenvalue weighted by Crippen LogP contribution is -2.58. The summed E-state index contributed by atoms with van der Waals surface area (Å²) in [4.78, 5) is 8.95. The minimum Gasteiger partial charge on any atom is -0.507 e. The molecule has 0 unspecified atom stereocenters. The zero-order valence-corrected chi connectivity index (χ0v) is 28.5. The Hall–Kier alpha value is -3.69. The van der Waals surface area contributed by atoms with E-state index < -0.39 is 33.0 Å². The second-order valence-electron chi connectivity index (χ2n) is 13.6. The van der Waals surface area contributed by atoms with Crippen molar-refractivity contribution < 1.29 is 37.6 Å². The molecule has 0 amide bonds. The monoisotopic (exact) mass is 685 g/mol. The third kappa shape index (κ3) is 7.62. The molecule has 2 aliphatic rings. The van der Waals surface area contributed by atoms with Crippen LogP contribution in [-0.4, -0.2) is 109 Å². The molecule has 14 heteroatoms. The number of morpholine rings is 1. The maximum Gasteiger partial charge on any atom is 0.303 e. The number of aliphatic hydroxyl groups is 1. The molecule has 6 rings (SSSR count). The Morgan fingerprint density at radius 1 is 1.10 bits per heavy atom. The van der Waals surface area contributed by atoms with Crippen LogP contribution in [0.25, 0.3) is 33.4 Å². The number of phenolic OH excluding ortho intramolecular Hbond substituents is 1. The number of alkyl halides is 2. The highest BCUT2D eigenvalue weighted by molar-refractivity contribution is 6.76. The number of aromatic hydroxyl groups is 1. The molecule has 2 saturated heterocycles. The lowest BCUT2D eigenvalue weighted by molar-refractivity contribution is -0.0800. The molecule has 0 aliphatic carbocycles. The Morgan fingerprint density at radius 3 is 2.71 bits per heavy atom. The van der Waals surface area contributed by atoms with Crippen molar-refractivity contribution in [1.82, 2.24) is 19.7 Å². The fourth-order valence-corrected chi connectivity index (χ4v) is 6.81. The first-order chi connectivity index (χ1) is 22.9. The first-order valence-electron chi connectivity index (χ1n) is 16.2. The highest BCUT2D eigenvalue weighted by Crippen LogP contribution is 2.39. The number of aliphatic hydroxyl groups excluding tert-OH is 1. The maximum atomic E-state index is 14.9. The summed E-state index contributed by atoms with van der Waals surface area (Å²) in [5, 5.41) is 25.2. The third-order valence-electron chi connectivity index (χ3n) is 8.78. The van der Waals surface area contributed by atoms with Crippen LogP contribution in [0.15, 0.2) is 48.7 Å². The highest BCUT2D eigenvalue weighted by Gasteiger charge is 2.33. The molecule has 4 heterocycles. The molecular formula is C34H42F3N5O5Si. The van der Waals surface area contributed by atoms with Crippen LogP contribution < -0.4 is 9.64 Å². The number of hydrogen-bond donors (Lipinski definition) is 2. The standard InChI is InChI=1S/C34H42F3N5O5Si/c1-48(2,3)14-13-46-22-42-29-17-38-27(32-26(35)5-4-6-30(32)44)16-25(29)33(39-42)23-7-8-28(31(15-23)47-21-34(36,37)20-43)41-10-9-40-11-12-45-19-24(40)18-41/h4-8,15-17,24,43-44H,9-14,18-22H2,1-3H3/t24-/m1/s1. The number of nitrogens with zero attached hydrogens (tertiary/aromatic N) is 5. The van der Waals surface area contributed by atoms with Gasteiger partial charge < -0.3 is 29.3 Å². The van der Waals surface area contributed by atoms with Crippen LogP contribution in [0.3, 0.4) is 0 Å². The molecular weight excluding hydrogens is 643 g/mol. The summed E-state index contributed by atoms with van der Waals surface area (Å²) < 4.78 is 62.6. The summed E-state index contributed by atoms with van der Waals surface area (Å²) in [5.74, 6) is -4.09. The van der Waals surface area contributed by atoms with Gasteiger partial charge in [-0.15, -0.1) is 0 Å². The van der Waals surface area contributed by atoms with Gasteiger partial charge in [0.05, 0.1) is 47.9 Å². The van der Waals surface area contributed by atoms with E-state index >= 15 is 0 Å². The molecule has 2 aliphatic heterocycles. The van der Waals surface area contributed by atoms with Gasteiger partial charge in [-0.1, -0.05) is 31.8 Å². The van der Waals surface area contributed by atoms with Gasteiger partial charge in [0.2, 0.25) is 0 Å². The molecule has 2 N–H and O–H groups in total. The number of hydrogen-bond acceptors (Lipinski definition) is 9. The lowest BCUT2D eigenvalue weighted by atomic mass is 10.0. The van der Waals surface area contributed by atoms with Crippen molar-refractivity contribution in [3.63, 3.8) is 0 Å². The number of fused-ring (bicyclic) bond motifs is 2. The molecule has 4 aromatic rings. The second kappa shape index (κ2) is 14.0. The van der Waals surface area contributed by atoms with Crippen molar-refractivity contribution in [2.45, 2.75) is 44.4 Å². The molecule has 2 fully saturated rings. The van der Waals surface area contributed by atoms with Crippen LogP contribution in [0.5, 0.6) is 11.5 Å². The van der Waals surface area contributed by atoms with Crippen molar-refractivity contribution in [3.8, 4) is 34.0 Å². The molecule has 0 saturated carbocycles. The van der Waals surface area contributed by atoms with Crippen molar-refractivity contribution in [2.24, 2.45) is 0 Å². The maximum absolute atomic E-state index is 14.9. The Bertz CT molecular complexity index is 1730. The molecule has 2 aromatic heterocycles. The van der Waals surface area contributed by atoms with E-state index in [1.807, 2.05) is 12.1 Å². The van der Waals surface area contributed by atoms with E-state index in [4.69, 9.17) is 19.3 Å². The van der Waals surface area contributed by atoms with E-state index in [2.05, 4.69) is 34.4 Å². The number of phenols is 1. The van der Waals surface area contributed by atoms with Gasteiger partial charge in [0.15, 0.2) is 6.61 Å². The molecule has 1 atom stereocenters. The number of piperazine rings is 1. The van der Waals surface area contributed by atoms with Crippen LogP contribution in [0, 0.1) is 5.82 Å². The smallest absolute Gasteiger partial charge is 0.303 e. The Kier molecular flexibility index (Phi) is 10.00. The Morgan fingerprint density at radius 2 is 1.94 bits per heavy atom. The number of halogens is 3. The van der Waals surface area contributed by atoms with Crippen LogP contribution in [0.2, 0.25) is 25.7 Å². The SMILES string of the molecule is C[Si](C)(C)CCOCn1nc(-c2ccc(N3CCN4CCOC[C@H]4C3)c(OCC(F)(F)CO)c2)c2cc(-c3c(O)cccc3F)ncc21. The van der Waals surface area contributed by atoms with Crippen LogP contribution >= 0.6 is 0 Å². The van der Waals surface area contributed by atoms with E-state index in [1.165, 1.54) is 18.2 Å². The van der Waals surface area contributed by atoms with Gasteiger partial charge >= 0.3 is 5.92 Å². The van der Waals surface area contributed by atoms with Gasteiger partial charge in [-0.25, -0.2) is 17.9 Å². The van der Waals surface area contributed by atoms with Gasteiger partial charge in [-0.2, -0.15) is 5.10 Å². The number of ether oxygens (including phenoxy) is 3. The topological polar surface area (TPSA) is 105 Å². The number of rotatable bonds is 12. The minimum absolute atomic E-state index is 0.0408. The average molecular weight is 686 g/mol. The van der Waals surface area contributed by atoms with Crippen molar-refractivity contribution in [3.05, 3.63) is 54.5 Å². The quantitative estimate of drug-likeness (QED) is 0.149. The molecule has 2 aromatic carbocycles. The van der Waals surface area contributed by atoms with Crippen LogP contribution in [0.4, 0.5) is 18.9 Å².